The summed E-state index contributed by atoms with van der Waals surface area (Å²) in [6.45, 7) is 0.0184. The van der Waals surface area contributed by atoms with Gasteiger partial charge in [-0.15, -0.1) is 0 Å². The van der Waals surface area contributed by atoms with E-state index >= 15 is 0 Å². The predicted octanol–water partition coefficient (Wildman–Crippen LogP) is 2.79. The van der Waals surface area contributed by atoms with Crippen LogP contribution in [0.4, 0.5) is 5.69 Å². The van der Waals surface area contributed by atoms with Crippen molar-refractivity contribution >= 4 is 23.2 Å². The van der Waals surface area contributed by atoms with Crippen LogP contribution in [0.3, 0.4) is 0 Å². The summed E-state index contributed by atoms with van der Waals surface area (Å²) in [5.41, 5.74) is 1.16. The largest absolute Gasteiger partial charge is 0.350 e. The third kappa shape index (κ3) is 4.80. The zero-order chi connectivity index (χ0) is 20.1. The van der Waals surface area contributed by atoms with Crippen molar-refractivity contribution in [3.8, 4) is 11.3 Å². The summed E-state index contributed by atoms with van der Waals surface area (Å²) < 4.78 is 1.02. The first-order chi connectivity index (χ1) is 13.4. The topological polar surface area (TPSA) is 107 Å². The van der Waals surface area contributed by atoms with Crippen molar-refractivity contribution in [3.05, 3.63) is 91.7 Å². The number of amides is 1. The van der Waals surface area contributed by atoms with Crippen LogP contribution in [-0.2, 0) is 17.9 Å². The molecule has 0 atom stereocenters. The number of nitrogens with zero attached hydrogens (tertiary/aromatic N) is 3. The number of nitrogens with one attached hydrogen (secondary N) is 1. The predicted molar refractivity (Wildman–Crippen MR) is 104 cm³/mol. The van der Waals surface area contributed by atoms with Crippen molar-refractivity contribution in [1.29, 1.82) is 0 Å². The van der Waals surface area contributed by atoms with Crippen LogP contribution in [0.25, 0.3) is 11.3 Å². The van der Waals surface area contributed by atoms with Crippen molar-refractivity contribution in [3.63, 3.8) is 0 Å². The average Bonchev–Trinajstić information content (AvgIpc) is 2.69. The number of carbonyl (C=O) groups excluding carboxylic acids is 1. The molecule has 2 aromatic carbocycles. The molecule has 3 rings (SSSR count). The van der Waals surface area contributed by atoms with Crippen LogP contribution in [0.5, 0.6) is 0 Å². The lowest BCUT2D eigenvalue weighted by Crippen LogP contribution is -2.33. The number of rotatable bonds is 6. The summed E-state index contributed by atoms with van der Waals surface area (Å²) in [5.74, 6) is -0.388. The standard InChI is InChI=1S/C19H15ClN4O4/c20-15-6-4-13(5-7-15)11-21-18(25)12-23-19(26)9-8-17(22-23)14-2-1-3-16(10-14)24(27)28/h1-10H,11-12H2,(H,21,25). The molecule has 142 valence electrons. The van der Waals surface area contributed by atoms with Crippen LogP contribution >= 0.6 is 11.6 Å². The lowest BCUT2D eigenvalue weighted by molar-refractivity contribution is -0.384. The second-order valence-electron chi connectivity index (χ2n) is 5.93. The molecule has 0 fully saturated rings. The summed E-state index contributed by atoms with van der Waals surface area (Å²) in [7, 11) is 0. The number of hydrogen-bond donors (Lipinski definition) is 1. The Kier molecular flexibility index (Phi) is 5.81. The molecule has 0 saturated heterocycles. The van der Waals surface area contributed by atoms with Gasteiger partial charge in [0.25, 0.3) is 11.2 Å². The maximum absolute atomic E-state index is 12.2. The van der Waals surface area contributed by atoms with E-state index in [1.807, 2.05) is 0 Å². The van der Waals surface area contributed by atoms with E-state index in [0.29, 0.717) is 16.3 Å². The number of non-ortho nitro benzene ring substituents is 1. The molecule has 9 heteroatoms. The van der Waals surface area contributed by atoms with Crippen molar-refractivity contribution in [1.82, 2.24) is 15.1 Å². The van der Waals surface area contributed by atoms with E-state index in [0.717, 1.165) is 10.2 Å². The van der Waals surface area contributed by atoms with Crippen LogP contribution in [-0.4, -0.2) is 20.6 Å². The van der Waals surface area contributed by atoms with Crippen molar-refractivity contribution in [2.24, 2.45) is 0 Å². The molecule has 0 aliphatic heterocycles. The number of halogens is 1. The number of nitro groups is 1. The van der Waals surface area contributed by atoms with E-state index in [1.54, 1.807) is 30.3 Å². The molecule has 1 heterocycles. The van der Waals surface area contributed by atoms with E-state index < -0.39 is 10.5 Å². The molecule has 0 spiro atoms. The second kappa shape index (κ2) is 8.45. The van der Waals surface area contributed by atoms with E-state index in [1.165, 1.54) is 30.3 Å². The van der Waals surface area contributed by atoms with Crippen molar-refractivity contribution < 1.29 is 9.72 Å². The Morgan fingerprint density at radius 1 is 1.14 bits per heavy atom. The van der Waals surface area contributed by atoms with Gasteiger partial charge < -0.3 is 5.32 Å². The van der Waals surface area contributed by atoms with Crippen molar-refractivity contribution in [2.75, 3.05) is 0 Å². The van der Waals surface area contributed by atoms with Gasteiger partial charge in [0.2, 0.25) is 5.91 Å². The highest BCUT2D eigenvalue weighted by Crippen LogP contribution is 2.21. The summed E-state index contributed by atoms with van der Waals surface area (Å²) >= 11 is 5.82. The summed E-state index contributed by atoms with van der Waals surface area (Å²) in [5, 5.41) is 18.4. The summed E-state index contributed by atoms with van der Waals surface area (Å²) in [4.78, 5) is 34.6. The first kappa shape index (κ1) is 19.2. The third-order valence-corrected chi connectivity index (χ3v) is 4.17. The van der Waals surface area contributed by atoms with Crippen LogP contribution in [0.1, 0.15) is 5.56 Å². The zero-order valence-corrected chi connectivity index (χ0v) is 15.3. The molecule has 0 saturated carbocycles. The molecule has 0 aliphatic rings. The lowest BCUT2D eigenvalue weighted by Gasteiger charge is -2.08. The van der Waals surface area contributed by atoms with Gasteiger partial charge in [0, 0.05) is 35.3 Å². The van der Waals surface area contributed by atoms with E-state index in [9.17, 15) is 19.7 Å². The van der Waals surface area contributed by atoms with Gasteiger partial charge in [-0.2, -0.15) is 5.10 Å². The Morgan fingerprint density at radius 2 is 1.89 bits per heavy atom. The highest BCUT2D eigenvalue weighted by atomic mass is 35.5. The highest BCUT2D eigenvalue weighted by molar-refractivity contribution is 6.30. The fraction of sp³-hybridized carbons (Fsp3) is 0.105. The summed E-state index contributed by atoms with van der Waals surface area (Å²) in [6.07, 6.45) is 0. The molecule has 28 heavy (non-hydrogen) atoms. The van der Waals surface area contributed by atoms with Gasteiger partial charge in [-0.1, -0.05) is 35.9 Å². The lowest BCUT2D eigenvalue weighted by atomic mass is 10.1. The number of nitro benzene ring substituents is 1. The number of aromatic nitrogens is 2. The van der Waals surface area contributed by atoms with Crippen LogP contribution < -0.4 is 10.9 Å². The van der Waals surface area contributed by atoms with E-state index in [-0.39, 0.29) is 24.7 Å². The Hall–Kier alpha value is -3.52. The normalized spacial score (nSPS) is 10.5. The Balaban J connectivity index is 1.73. The molecule has 0 unspecified atom stereocenters. The maximum atomic E-state index is 12.2. The first-order valence-electron chi connectivity index (χ1n) is 8.26. The Bertz CT molecular complexity index is 1080. The van der Waals surface area contributed by atoms with Crippen LogP contribution in [0.15, 0.2) is 65.5 Å². The van der Waals surface area contributed by atoms with Gasteiger partial charge in [0.05, 0.1) is 10.6 Å². The smallest absolute Gasteiger partial charge is 0.270 e. The van der Waals surface area contributed by atoms with Gasteiger partial charge in [0.15, 0.2) is 0 Å². The molecule has 1 aromatic heterocycles. The fourth-order valence-electron chi connectivity index (χ4n) is 2.49. The average molecular weight is 399 g/mol. The monoisotopic (exact) mass is 398 g/mol. The zero-order valence-electron chi connectivity index (χ0n) is 14.5. The Labute approximate surface area is 164 Å². The van der Waals surface area contributed by atoms with Gasteiger partial charge in [-0.3, -0.25) is 19.7 Å². The van der Waals surface area contributed by atoms with Gasteiger partial charge in [-0.05, 0) is 23.8 Å². The third-order valence-electron chi connectivity index (χ3n) is 3.92. The molecular formula is C19H15ClN4O4. The van der Waals surface area contributed by atoms with Crippen molar-refractivity contribution in [2.45, 2.75) is 13.1 Å². The van der Waals surface area contributed by atoms with E-state index in [4.69, 9.17) is 11.6 Å². The molecule has 8 nitrogen and oxygen atoms in total. The quantitative estimate of drug-likeness (QED) is 0.507. The van der Waals surface area contributed by atoms with Gasteiger partial charge in [0.1, 0.15) is 6.54 Å². The molecular weight excluding hydrogens is 384 g/mol. The fourth-order valence-corrected chi connectivity index (χ4v) is 2.62. The van der Waals surface area contributed by atoms with Gasteiger partial charge in [-0.25, -0.2) is 4.68 Å². The maximum Gasteiger partial charge on any atom is 0.270 e. The highest BCUT2D eigenvalue weighted by Gasteiger charge is 2.11. The SMILES string of the molecule is O=C(Cn1nc(-c2cccc([N+](=O)[O-])c2)ccc1=O)NCc1ccc(Cl)cc1. The number of hydrogen-bond acceptors (Lipinski definition) is 5. The van der Waals surface area contributed by atoms with Gasteiger partial charge >= 0.3 is 0 Å². The molecule has 0 aliphatic carbocycles. The van der Waals surface area contributed by atoms with E-state index in [2.05, 4.69) is 10.4 Å². The minimum absolute atomic E-state index is 0.0854. The number of carbonyl (C=O) groups is 1. The molecule has 0 bridgehead atoms. The van der Waals surface area contributed by atoms with Crippen LogP contribution in [0, 0.1) is 10.1 Å². The summed E-state index contributed by atoms with van der Waals surface area (Å²) in [6, 6.07) is 15.6. The molecule has 3 aromatic rings. The van der Waals surface area contributed by atoms with Crippen LogP contribution in [0.2, 0.25) is 5.02 Å². The molecule has 0 radical (unpaired) electrons. The number of benzene rings is 2. The molecule has 1 N–H and O–H groups in total. The molecule has 1 amide bonds. The Morgan fingerprint density at radius 3 is 2.61 bits per heavy atom. The second-order valence-corrected chi connectivity index (χ2v) is 6.36. The minimum Gasteiger partial charge on any atom is -0.350 e. The minimum atomic E-state index is -0.510. The first-order valence-corrected chi connectivity index (χ1v) is 8.64.